The van der Waals surface area contributed by atoms with Crippen molar-refractivity contribution in [3.8, 4) is 11.5 Å². The van der Waals surface area contributed by atoms with Crippen molar-refractivity contribution in [3.05, 3.63) is 65.9 Å². The van der Waals surface area contributed by atoms with Gasteiger partial charge in [0.15, 0.2) is 17.3 Å². The number of allylic oxidation sites excluding steroid dienone is 1. The highest BCUT2D eigenvalue weighted by Crippen LogP contribution is 2.28. The summed E-state index contributed by atoms with van der Waals surface area (Å²) in [4.78, 5) is 15.2. The third kappa shape index (κ3) is 7.21. The summed E-state index contributed by atoms with van der Waals surface area (Å²) in [7, 11) is 3.12. The topological polar surface area (TPSA) is 63.9 Å². The molecule has 2 aromatic carbocycles. The van der Waals surface area contributed by atoms with Crippen LogP contribution in [0.15, 0.2) is 54.7 Å². The number of ketones is 1. The summed E-state index contributed by atoms with van der Waals surface area (Å²) in [5.74, 6) is 2.07. The number of methoxy groups -OCH3 is 2. The predicted octanol–water partition coefficient (Wildman–Crippen LogP) is 5.53. The maximum Gasteiger partial charge on any atom is 0.185 e. The molecule has 36 heavy (non-hydrogen) atoms. The van der Waals surface area contributed by atoms with Crippen LogP contribution in [0.4, 0.5) is 0 Å². The van der Waals surface area contributed by atoms with E-state index in [1.54, 1.807) is 38.5 Å². The molecular formula is C30H40N2O4. The van der Waals surface area contributed by atoms with Gasteiger partial charge in [-0.05, 0) is 48.3 Å². The number of fused-ring (bicyclic) bond motifs is 1. The SMILES string of the molecule is COc1ccc(C(=O)/C=C/c2cn(C[C@@H](O)CN(CC(C)C)CC(C)C)c3ccccc23)cc1OC. The van der Waals surface area contributed by atoms with Gasteiger partial charge >= 0.3 is 0 Å². The van der Waals surface area contributed by atoms with E-state index in [2.05, 4.69) is 43.2 Å². The fraction of sp³-hybridized carbons (Fsp3) is 0.433. The van der Waals surface area contributed by atoms with Gasteiger partial charge in [-0.15, -0.1) is 0 Å². The number of nitrogens with zero attached hydrogens (tertiary/aromatic N) is 2. The Labute approximate surface area is 215 Å². The molecule has 0 unspecified atom stereocenters. The summed E-state index contributed by atoms with van der Waals surface area (Å²) in [5, 5.41) is 12.0. The van der Waals surface area contributed by atoms with Crippen LogP contribution >= 0.6 is 0 Å². The lowest BCUT2D eigenvalue weighted by Gasteiger charge is -2.28. The molecule has 194 valence electrons. The number of rotatable bonds is 13. The summed E-state index contributed by atoms with van der Waals surface area (Å²) in [5.41, 5.74) is 2.50. The largest absolute Gasteiger partial charge is 0.493 e. The van der Waals surface area contributed by atoms with Gasteiger partial charge in [-0.1, -0.05) is 45.9 Å². The van der Waals surface area contributed by atoms with Gasteiger partial charge in [0.1, 0.15) is 0 Å². The Kier molecular flexibility index (Phi) is 9.73. The summed E-state index contributed by atoms with van der Waals surface area (Å²) in [6, 6.07) is 13.2. The molecule has 6 nitrogen and oxygen atoms in total. The number of aromatic nitrogens is 1. The maximum atomic E-state index is 12.9. The van der Waals surface area contributed by atoms with Gasteiger partial charge in [-0.25, -0.2) is 0 Å². The fourth-order valence-electron chi connectivity index (χ4n) is 4.65. The Bertz CT molecular complexity index is 1170. The summed E-state index contributed by atoms with van der Waals surface area (Å²) >= 11 is 0. The molecule has 1 aromatic heterocycles. The third-order valence-corrected chi connectivity index (χ3v) is 6.02. The van der Waals surface area contributed by atoms with Gasteiger partial charge in [-0.3, -0.25) is 4.79 Å². The smallest absolute Gasteiger partial charge is 0.185 e. The summed E-state index contributed by atoms with van der Waals surface area (Å²) in [6.07, 6.45) is 4.94. The third-order valence-electron chi connectivity index (χ3n) is 6.02. The van der Waals surface area contributed by atoms with E-state index >= 15 is 0 Å². The van der Waals surface area contributed by atoms with Crippen LogP contribution in [0.2, 0.25) is 0 Å². The lowest BCUT2D eigenvalue weighted by Crippen LogP contribution is -2.39. The highest BCUT2D eigenvalue weighted by molar-refractivity contribution is 6.08. The minimum absolute atomic E-state index is 0.120. The second kappa shape index (κ2) is 12.7. The number of hydrogen-bond acceptors (Lipinski definition) is 5. The second-order valence-corrected chi connectivity index (χ2v) is 10.2. The summed E-state index contributed by atoms with van der Waals surface area (Å²) in [6.45, 7) is 11.9. The Morgan fingerprint density at radius 3 is 2.28 bits per heavy atom. The molecular weight excluding hydrogens is 452 g/mol. The van der Waals surface area contributed by atoms with Crippen LogP contribution in [0.3, 0.4) is 0 Å². The van der Waals surface area contributed by atoms with Crippen LogP contribution in [0.1, 0.15) is 43.6 Å². The first-order valence-corrected chi connectivity index (χ1v) is 12.6. The van der Waals surface area contributed by atoms with Gasteiger partial charge in [0.2, 0.25) is 0 Å². The summed E-state index contributed by atoms with van der Waals surface area (Å²) < 4.78 is 12.7. The number of benzene rings is 2. The van der Waals surface area contributed by atoms with Crippen LogP contribution < -0.4 is 9.47 Å². The van der Waals surface area contributed by atoms with E-state index in [0.29, 0.717) is 42.0 Å². The Hall–Kier alpha value is -3.09. The van der Waals surface area contributed by atoms with Crippen LogP contribution in [-0.4, -0.2) is 60.3 Å². The average Bonchev–Trinajstić information content (AvgIpc) is 3.18. The van der Waals surface area contributed by atoms with Gasteiger partial charge < -0.3 is 24.0 Å². The molecule has 0 radical (unpaired) electrons. The zero-order chi connectivity index (χ0) is 26.2. The van der Waals surface area contributed by atoms with E-state index < -0.39 is 6.10 Å². The number of ether oxygens (including phenoxy) is 2. The molecule has 1 N–H and O–H groups in total. The molecule has 3 aromatic rings. The van der Waals surface area contributed by atoms with Crippen molar-refractivity contribution in [2.45, 2.75) is 40.3 Å². The van der Waals surface area contributed by atoms with Crippen molar-refractivity contribution >= 4 is 22.8 Å². The van der Waals surface area contributed by atoms with E-state index in [4.69, 9.17) is 9.47 Å². The molecule has 0 saturated heterocycles. The standard InChI is InChI=1S/C30H40N2O4/c1-21(2)16-31(17-22(3)4)19-25(33)20-32-18-24(26-9-7-8-10-27(26)32)11-13-28(34)23-12-14-29(35-5)30(15-23)36-6/h7-15,18,21-22,25,33H,16-17,19-20H2,1-6H3/b13-11+/t25-/m0/s1. The van der Waals surface area contributed by atoms with E-state index in [1.807, 2.05) is 30.5 Å². The molecule has 6 heteroatoms. The van der Waals surface area contributed by atoms with Crippen LogP contribution in [0, 0.1) is 11.8 Å². The Morgan fingerprint density at radius 1 is 0.972 bits per heavy atom. The van der Waals surface area contributed by atoms with E-state index in [0.717, 1.165) is 29.6 Å². The highest BCUT2D eigenvalue weighted by atomic mass is 16.5. The molecule has 0 saturated carbocycles. The second-order valence-electron chi connectivity index (χ2n) is 10.2. The Morgan fingerprint density at radius 2 is 1.64 bits per heavy atom. The molecule has 0 bridgehead atoms. The fourth-order valence-corrected chi connectivity index (χ4v) is 4.65. The molecule has 0 spiro atoms. The first-order chi connectivity index (χ1) is 17.2. The molecule has 0 fully saturated rings. The minimum Gasteiger partial charge on any atom is -0.493 e. The van der Waals surface area contributed by atoms with Gasteiger partial charge in [0.25, 0.3) is 0 Å². The minimum atomic E-state index is -0.497. The number of carbonyl (C=O) groups is 1. The van der Waals surface area contributed by atoms with Crippen molar-refractivity contribution in [1.29, 1.82) is 0 Å². The molecule has 3 rings (SSSR count). The molecule has 0 amide bonds. The number of aliphatic hydroxyl groups is 1. The van der Waals surface area contributed by atoms with Gasteiger partial charge in [0.05, 0.1) is 20.3 Å². The van der Waals surface area contributed by atoms with Crippen LogP contribution in [0.5, 0.6) is 11.5 Å². The lowest BCUT2D eigenvalue weighted by molar-refractivity contribution is 0.0869. The van der Waals surface area contributed by atoms with E-state index in [1.165, 1.54) is 0 Å². The van der Waals surface area contributed by atoms with Crippen molar-refractivity contribution in [2.24, 2.45) is 11.8 Å². The normalized spacial score (nSPS) is 12.8. The average molecular weight is 493 g/mol. The quantitative estimate of drug-likeness (QED) is 0.251. The van der Waals surface area contributed by atoms with Crippen LogP contribution in [0.25, 0.3) is 17.0 Å². The van der Waals surface area contributed by atoms with Gasteiger partial charge in [0, 0.05) is 54.4 Å². The predicted molar refractivity (Wildman–Crippen MR) is 147 cm³/mol. The molecule has 0 aliphatic carbocycles. The number of carbonyl (C=O) groups excluding carboxylic acids is 1. The number of para-hydroxylation sites is 1. The zero-order valence-electron chi connectivity index (χ0n) is 22.4. The lowest BCUT2D eigenvalue weighted by atomic mass is 10.1. The van der Waals surface area contributed by atoms with Crippen molar-refractivity contribution < 1.29 is 19.4 Å². The van der Waals surface area contributed by atoms with E-state index in [9.17, 15) is 9.90 Å². The van der Waals surface area contributed by atoms with Crippen molar-refractivity contribution in [2.75, 3.05) is 33.9 Å². The molecule has 0 aliphatic rings. The first-order valence-electron chi connectivity index (χ1n) is 12.6. The maximum absolute atomic E-state index is 12.9. The molecule has 1 heterocycles. The zero-order valence-corrected chi connectivity index (χ0v) is 22.4. The van der Waals surface area contributed by atoms with Crippen LogP contribution in [-0.2, 0) is 6.54 Å². The number of hydrogen-bond donors (Lipinski definition) is 1. The monoisotopic (exact) mass is 492 g/mol. The molecule has 0 aliphatic heterocycles. The van der Waals surface area contributed by atoms with Crippen molar-refractivity contribution in [3.63, 3.8) is 0 Å². The molecule has 1 atom stereocenters. The van der Waals surface area contributed by atoms with Gasteiger partial charge in [-0.2, -0.15) is 0 Å². The van der Waals surface area contributed by atoms with E-state index in [-0.39, 0.29) is 5.78 Å². The Balaban J connectivity index is 1.79. The first kappa shape index (κ1) is 27.5. The highest BCUT2D eigenvalue weighted by Gasteiger charge is 2.17. The number of aliphatic hydroxyl groups excluding tert-OH is 1. The van der Waals surface area contributed by atoms with Crippen molar-refractivity contribution in [1.82, 2.24) is 9.47 Å².